The van der Waals surface area contributed by atoms with Crippen molar-refractivity contribution in [2.24, 2.45) is 5.73 Å². The van der Waals surface area contributed by atoms with E-state index < -0.39 is 0 Å². The van der Waals surface area contributed by atoms with E-state index in [0.29, 0.717) is 24.3 Å². The first-order valence-electron chi connectivity index (χ1n) is 8.56. The number of halogens is 1. The molecule has 4 N–H and O–H groups in total. The Morgan fingerprint density at radius 1 is 1.11 bits per heavy atom. The molecule has 0 saturated carbocycles. The highest BCUT2D eigenvalue weighted by atomic mass is 35.5. The van der Waals surface area contributed by atoms with Crippen LogP contribution in [-0.2, 0) is 4.79 Å². The number of methoxy groups -OCH3 is 1. The molecule has 0 saturated heterocycles. The summed E-state index contributed by atoms with van der Waals surface area (Å²) in [5, 5.41) is 5.55. The summed E-state index contributed by atoms with van der Waals surface area (Å²) in [4.78, 5) is 24.7. The Bertz CT molecular complexity index is 768. The average molecular weight is 392 g/mol. The van der Waals surface area contributed by atoms with Crippen LogP contribution in [-0.4, -0.2) is 32.0 Å². The van der Waals surface area contributed by atoms with E-state index in [4.69, 9.17) is 10.5 Å². The van der Waals surface area contributed by atoms with Gasteiger partial charge in [0.15, 0.2) is 0 Å². The topological polar surface area (TPSA) is 93.4 Å². The summed E-state index contributed by atoms with van der Waals surface area (Å²) in [6.45, 7) is 2.71. The minimum absolute atomic E-state index is 0. The van der Waals surface area contributed by atoms with Gasteiger partial charge in [-0.15, -0.1) is 12.4 Å². The fourth-order valence-corrected chi connectivity index (χ4v) is 2.73. The van der Waals surface area contributed by atoms with Crippen molar-refractivity contribution in [3.8, 4) is 5.75 Å². The smallest absolute Gasteiger partial charge is 0.253 e. The van der Waals surface area contributed by atoms with Crippen molar-refractivity contribution in [3.63, 3.8) is 0 Å². The van der Waals surface area contributed by atoms with Gasteiger partial charge in [0.1, 0.15) is 5.75 Å². The summed E-state index contributed by atoms with van der Waals surface area (Å²) < 4.78 is 5.36. The van der Waals surface area contributed by atoms with E-state index in [1.54, 1.807) is 31.4 Å². The van der Waals surface area contributed by atoms with E-state index in [-0.39, 0.29) is 36.6 Å². The van der Waals surface area contributed by atoms with Crippen LogP contribution in [0.25, 0.3) is 0 Å². The van der Waals surface area contributed by atoms with Gasteiger partial charge in [0.2, 0.25) is 5.91 Å². The summed E-state index contributed by atoms with van der Waals surface area (Å²) in [5.41, 5.74) is 7.29. The van der Waals surface area contributed by atoms with Gasteiger partial charge in [-0.1, -0.05) is 37.3 Å². The molecule has 146 valence electrons. The number of hydrogen-bond donors (Lipinski definition) is 3. The second-order valence-electron chi connectivity index (χ2n) is 5.99. The molecule has 2 aromatic rings. The van der Waals surface area contributed by atoms with Crippen LogP contribution in [0.5, 0.6) is 5.75 Å². The highest BCUT2D eigenvalue weighted by Crippen LogP contribution is 2.28. The predicted molar refractivity (Wildman–Crippen MR) is 110 cm³/mol. The molecule has 1 atom stereocenters. The maximum Gasteiger partial charge on any atom is 0.253 e. The monoisotopic (exact) mass is 391 g/mol. The molecule has 0 bridgehead atoms. The number of rotatable bonds is 8. The minimum atomic E-state index is -0.260. The van der Waals surface area contributed by atoms with Crippen molar-refractivity contribution < 1.29 is 14.3 Å². The van der Waals surface area contributed by atoms with Crippen LogP contribution in [0.15, 0.2) is 48.5 Å². The number of carbonyl (C=O) groups is 2. The third-order valence-electron chi connectivity index (χ3n) is 4.04. The van der Waals surface area contributed by atoms with Crippen molar-refractivity contribution in [2.75, 3.05) is 25.5 Å². The Hall–Kier alpha value is -2.57. The second kappa shape index (κ2) is 11.2. The van der Waals surface area contributed by atoms with Crippen molar-refractivity contribution >= 4 is 29.9 Å². The standard InChI is InChI=1S/C20H25N3O3.ClH/c1-14(15-7-4-6-10-18(15)26-2)13-19(24)23-17-9-5-3-8-16(17)20(25)22-12-11-21;/h3-10,14H,11-13,21H2,1-2H3,(H,22,25)(H,23,24);1H. The number of amides is 2. The number of benzene rings is 2. The average Bonchev–Trinajstić information content (AvgIpc) is 2.66. The van der Waals surface area contributed by atoms with E-state index in [1.807, 2.05) is 31.2 Å². The molecule has 0 fully saturated rings. The first-order chi connectivity index (χ1) is 12.6. The molecule has 7 heteroatoms. The van der Waals surface area contributed by atoms with Gasteiger partial charge in [0.25, 0.3) is 5.91 Å². The molecule has 0 spiro atoms. The van der Waals surface area contributed by atoms with Crippen LogP contribution < -0.4 is 21.1 Å². The number of carbonyl (C=O) groups excluding carboxylic acids is 2. The molecule has 0 aliphatic carbocycles. The van der Waals surface area contributed by atoms with E-state index in [1.165, 1.54) is 0 Å². The summed E-state index contributed by atoms with van der Waals surface area (Å²) in [5.74, 6) is 0.311. The SMILES string of the molecule is COc1ccccc1C(C)CC(=O)Nc1ccccc1C(=O)NCCN.Cl. The molecule has 0 aromatic heterocycles. The molecule has 6 nitrogen and oxygen atoms in total. The molecular weight excluding hydrogens is 366 g/mol. The number of para-hydroxylation sites is 2. The number of hydrogen-bond acceptors (Lipinski definition) is 4. The van der Waals surface area contributed by atoms with Gasteiger partial charge in [0.05, 0.1) is 18.4 Å². The quantitative estimate of drug-likeness (QED) is 0.644. The highest BCUT2D eigenvalue weighted by molar-refractivity contribution is 6.03. The summed E-state index contributed by atoms with van der Waals surface area (Å²) in [6, 6.07) is 14.6. The normalized spacial score (nSPS) is 11.1. The van der Waals surface area contributed by atoms with Crippen LogP contribution in [0, 0.1) is 0 Å². The molecule has 2 aromatic carbocycles. The van der Waals surface area contributed by atoms with Gasteiger partial charge in [-0.05, 0) is 29.7 Å². The molecule has 1 unspecified atom stereocenters. The van der Waals surface area contributed by atoms with E-state index in [9.17, 15) is 9.59 Å². The highest BCUT2D eigenvalue weighted by Gasteiger charge is 2.17. The third-order valence-corrected chi connectivity index (χ3v) is 4.04. The summed E-state index contributed by atoms with van der Waals surface area (Å²) in [7, 11) is 1.61. The van der Waals surface area contributed by atoms with Crippen LogP contribution in [0.3, 0.4) is 0 Å². The van der Waals surface area contributed by atoms with Crippen molar-refractivity contribution in [2.45, 2.75) is 19.3 Å². The fraction of sp³-hybridized carbons (Fsp3) is 0.300. The number of nitrogens with two attached hydrogens (primary N) is 1. The van der Waals surface area contributed by atoms with E-state index >= 15 is 0 Å². The number of anilines is 1. The zero-order valence-electron chi connectivity index (χ0n) is 15.5. The largest absolute Gasteiger partial charge is 0.496 e. The number of ether oxygens (including phenoxy) is 1. The van der Waals surface area contributed by atoms with E-state index in [0.717, 1.165) is 11.3 Å². The van der Waals surface area contributed by atoms with Crippen LogP contribution in [0.1, 0.15) is 35.2 Å². The predicted octanol–water partition coefficient (Wildman–Crippen LogP) is 2.94. The molecular formula is C20H26ClN3O3. The first-order valence-corrected chi connectivity index (χ1v) is 8.56. The Morgan fingerprint density at radius 2 is 1.78 bits per heavy atom. The fourth-order valence-electron chi connectivity index (χ4n) is 2.73. The first kappa shape index (κ1) is 22.5. The van der Waals surface area contributed by atoms with Crippen molar-refractivity contribution in [1.29, 1.82) is 0 Å². The van der Waals surface area contributed by atoms with Gasteiger partial charge in [-0.2, -0.15) is 0 Å². The van der Waals surface area contributed by atoms with Gasteiger partial charge >= 0.3 is 0 Å². The third kappa shape index (κ3) is 6.27. The molecule has 0 radical (unpaired) electrons. The maximum absolute atomic E-state index is 12.5. The Morgan fingerprint density at radius 3 is 2.48 bits per heavy atom. The summed E-state index contributed by atoms with van der Waals surface area (Å²) in [6.07, 6.45) is 0.277. The molecule has 0 heterocycles. The zero-order chi connectivity index (χ0) is 18.9. The second-order valence-corrected chi connectivity index (χ2v) is 5.99. The van der Waals surface area contributed by atoms with E-state index in [2.05, 4.69) is 10.6 Å². The van der Waals surface area contributed by atoms with Crippen LogP contribution >= 0.6 is 12.4 Å². The molecule has 0 aliphatic heterocycles. The van der Waals surface area contributed by atoms with Crippen LogP contribution in [0.2, 0.25) is 0 Å². The van der Waals surface area contributed by atoms with Gasteiger partial charge in [0, 0.05) is 19.5 Å². The Kier molecular flexibility index (Phi) is 9.33. The lowest BCUT2D eigenvalue weighted by Crippen LogP contribution is -2.30. The summed E-state index contributed by atoms with van der Waals surface area (Å²) >= 11 is 0. The van der Waals surface area contributed by atoms with Gasteiger partial charge < -0.3 is 21.1 Å². The Balaban J connectivity index is 0.00000364. The van der Waals surface area contributed by atoms with Gasteiger partial charge in [-0.25, -0.2) is 0 Å². The maximum atomic E-state index is 12.5. The molecule has 2 rings (SSSR count). The van der Waals surface area contributed by atoms with Crippen molar-refractivity contribution in [1.82, 2.24) is 5.32 Å². The zero-order valence-corrected chi connectivity index (χ0v) is 16.3. The van der Waals surface area contributed by atoms with Gasteiger partial charge in [-0.3, -0.25) is 9.59 Å². The molecule has 2 amide bonds. The number of nitrogens with one attached hydrogen (secondary N) is 2. The lowest BCUT2D eigenvalue weighted by molar-refractivity contribution is -0.116. The lowest BCUT2D eigenvalue weighted by Gasteiger charge is -2.16. The minimum Gasteiger partial charge on any atom is -0.496 e. The molecule has 27 heavy (non-hydrogen) atoms. The Labute approximate surface area is 165 Å². The van der Waals surface area contributed by atoms with Crippen LogP contribution in [0.4, 0.5) is 5.69 Å². The van der Waals surface area contributed by atoms with Crippen molar-refractivity contribution in [3.05, 3.63) is 59.7 Å². The lowest BCUT2D eigenvalue weighted by atomic mass is 9.96. The molecule has 0 aliphatic rings.